The highest BCUT2D eigenvalue weighted by atomic mass is 16.2. The molecule has 2 aliphatic rings. The van der Waals surface area contributed by atoms with Gasteiger partial charge in [0.1, 0.15) is 0 Å². The first-order valence-electron chi connectivity index (χ1n) is 9.01. The molecule has 1 aromatic rings. The number of amides is 1. The van der Waals surface area contributed by atoms with Gasteiger partial charge in [0, 0.05) is 31.6 Å². The second-order valence-corrected chi connectivity index (χ2v) is 6.84. The standard InChI is InChI=1S/C20H28N2O/c1-2-17-15-22(20(23)18-10-11-18)14-12-19(17)21-13-6-9-16-7-4-3-5-8-16/h3-9,17-19,21H,2,10-15H2,1H3. The zero-order valence-electron chi connectivity index (χ0n) is 14.1. The molecule has 23 heavy (non-hydrogen) atoms. The molecule has 1 aliphatic carbocycles. The third-order valence-electron chi connectivity index (χ3n) is 5.10. The van der Waals surface area contributed by atoms with E-state index >= 15 is 0 Å². The average Bonchev–Trinajstić information content (AvgIpc) is 3.44. The second kappa shape index (κ2) is 7.78. The minimum Gasteiger partial charge on any atom is -0.342 e. The zero-order chi connectivity index (χ0) is 16.1. The van der Waals surface area contributed by atoms with Crippen molar-refractivity contribution in [1.29, 1.82) is 0 Å². The Balaban J connectivity index is 1.46. The molecule has 3 heteroatoms. The van der Waals surface area contributed by atoms with Crippen LogP contribution in [-0.2, 0) is 4.79 Å². The first-order chi connectivity index (χ1) is 11.3. The van der Waals surface area contributed by atoms with Gasteiger partial charge < -0.3 is 10.2 Å². The van der Waals surface area contributed by atoms with Gasteiger partial charge in [0.15, 0.2) is 0 Å². The summed E-state index contributed by atoms with van der Waals surface area (Å²) in [5.41, 5.74) is 1.24. The molecule has 124 valence electrons. The van der Waals surface area contributed by atoms with Crippen molar-refractivity contribution in [3.05, 3.63) is 42.0 Å². The zero-order valence-corrected chi connectivity index (χ0v) is 14.1. The van der Waals surface area contributed by atoms with E-state index < -0.39 is 0 Å². The molecule has 0 bridgehead atoms. The van der Waals surface area contributed by atoms with Gasteiger partial charge in [-0.3, -0.25) is 4.79 Å². The topological polar surface area (TPSA) is 32.3 Å². The SMILES string of the molecule is CCC1CN(C(=O)C2CC2)CCC1NCC=Cc1ccccc1. The second-order valence-electron chi connectivity index (χ2n) is 6.84. The van der Waals surface area contributed by atoms with Crippen LogP contribution in [0.25, 0.3) is 6.08 Å². The maximum Gasteiger partial charge on any atom is 0.225 e. The molecule has 1 aromatic carbocycles. The van der Waals surface area contributed by atoms with Crippen LogP contribution < -0.4 is 5.32 Å². The molecule has 2 fully saturated rings. The molecule has 1 saturated carbocycles. The van der Waals surface area contributed by atoms with Crippen molar-refractivity contribution in [3.63, 3.8) is 0 Å². The number of rotatable bonds is 6. The summed E-state index contributed by atoms with van der Waals surface area (Å²) in [6, 6.07) is 10.9. The number of nitrogens with zero attached hydrogens (tertiary/aromatic N) is 1. The van der Waals surface area contributed by atoms with E-state index in [1.807, 2.05) is 6.07 Å². The summed E-state index contributed by atoms with van der Waals surface area (Å²) in [6.45, 7) is 4.99. The Kier molecular flexibility index (Phi) is 5.50. The summed E-state index contributed by atoms with van der Waals surface area (Å²) < 4.78 is 0. The molecule has 1 N–H and O–H groups in total. The molecule has 0 aromatic heterocycles. The van der Waals surface area contributed by atoms with Crippen molar-refractivity contribution in [2.45, 2.75) is 38.6 Å². The van der Waals surface area contributed by atoms with Crippen LogP contribution in [0.5, 0.6) is 0 Å². The van der Waals surface area contributed by atoms with Crippen LogP contribution >= 0.6 is 0 Å². The maximum atomic E-state index is 12.2. The summed E-state index contributed by atoms with van der Waals surface area (Å²) in [5, 5.41) is 3.67. The van der Waals surface area contributed by atoms with Crippen molar-refractivity contribution in [3.8, 4) is 0 Å². The number of piperidine rings is 1. The molecule has 3 rings (SSSR count). The lowest BCUT2D eigenvalue weighted by molar-refractivity contribution is -0.134. The van der Waals surface area contributed by atoms with E-state index in [2.05, 4.69) is 53.6 Å². The number of carbonyl (C=O) groups excluding carboxylic acids is 1. The van der Waals surface area contributed by atoms with Gasteiger partial charge in [0.25, 0.3) is 0 Å². The summed E-state index contributed by atoms with van der Waals surface area (Å²) >= 11 is 0. The van der Waals surface area contributed by atoms with E-state index in [9.17, 15) is 4.79 Å². The monoisotopic (exact) mass is 312 g/mol. The average molecular weight is 312 g/mol. The van der Waals surface area contributed by atoms with Gasteiger partial charge in [0.05, 0.1) is 0 Å². The third kappa shape index (κ3) is 4.44. The summed E-state index contributed by atoms with van der Waals surface area (Å²) in [4.78, 5) is 14.4. The van der Waals surface area contributed by atoms with Gasteiger partial charge in [0.2, 0.25) is 5.91 Å². The number of carbonyl (C=O) groups is 1. The molecule has 2 unspecified atom stereocenters. The highest BCUT2D eigenvalue weighted by Crippen LogP contribution is 2.33. The summed E-state index contributed by atoms with van der Waals surface area (Å²) in [6.07, 6.45) is 8.80. The first-order valence-corrected chi connectivity index (χ1v) is 9.01. The van der Waals surface area contributed by atoms with Crippen LogP contribution in [0.3, 0.4) is 0 Å². The molecule has 1 amide bonds. The smallest absolute Gasteiger partial charge is 0.225 e. The Morgan fingerprint density at radius 1 is 1.26 bits per heavy atom. The molecule has 1 aliphatic heterocycles. The van der Waals surface area contributed by atoms with Crippen LogP contribution in [-0.4, -0.2) is 36.5 Å². The number of likely N-dealkylation sites (tertiary alicyclic amines) is 1. The van der Waals surface area contributed by atoms with Crippen molar-refractivity contribution < 1.29 is 4.79 Å². The van der Waals surface area contributed by atoms with Gasteiger partial charge in [-0.25, -0.2) is 0 Å². The lowest BCUT2D eigenvalue weighted by Gasteiger charge is -2.38. The number of hydrogen-bond donors (Lipinski definition) is 1. The number of hydrogen-bond acceptors (Lipinski definition) is 2. The summed E-state index contributed by atoms with van der Waals surface area (Å²) in [5.74, 6) is 1.34. The lowest BCUT2D eigenvalue weighted by atomic mass is 9.89. The fraction of sp³-hybridized carbons (Fsp3) is 0.550. The van der Waals surface area contributed by atoms with Gasteiger partial charge in [-0.2, -0.15) is 0 Å². The van der Waals surface area contributed by atoms with Crippen LogP contribution in [0.4, 0.5) is 0 Å². The fourth-order valence-corrected chi connectivity index (χ4v) is 3.48. The van der Waals surface area contributed by atoms with Crippen molar-refractivity contribution in [2.24, 2.45) is 11.8 Å². The maximum absolute atomic E-state index is 12.2. The van der Waals surface area contributed by atoms with E-state index in [1.165, 1.54) is 5.56 Å². The minimum atomic E-state index is 0.353. The van der Waals surface area contributed by atoms with Gasteiger partial charge in [-0.1, -0.05) is 55.8 Å². The highest BCUT2D eigenvalue weighted by Gasteiger charge is 2.37. The van der Waals surface area contributed by atoms with E-state index in [-0.39, 0.29) is 0 Å². The highest BCUT2D eigenvalue weighted by molar-refractivity contribution is 5.81. The van der Waals surface area contributed by atoms with E-state index in [0.29, 0.717) is 23.8 Å². The van der Waals surface area contributed by atoms with E-state index in [1.54, 1.807) is 0 Å². The Hall–Kier alpha value is -1.61. The molecule has 2 atom stereocenters. The number of benzene rings is 1. The molecular weight excluding hydrogens is 284 g/mol. The van der Waals surface area contributed by atoms with Crippen LogP contribution in [0, 0.1) is 11.8 Å². The Morgan fingerprint density at radius 3 is 2.74 bits per heavy atom. The molecule has 0 radical (unpaired) electrons. The van der Waals surface area contributed by atoms with Crippen LogP contribution in [0.2, 0.25) is 0 Å². The van der Waals surface area contributed by atoms with Crippen molar-refractivity contribution >= 4 is 12.0 Å². The van der Waals surface area contributed by atoms with Gasteiger partial charge in [-0.05, 0) is 30.7 Å². The largest absolute Gasteiger partial charge is 0.342 e. The van der Waals surface area contributed by atoms with Crippen molar-refractivity contribution in [1.82, 2.24) is 10.2 Å². The van der Waals surface area contributed by atoms with E-state index in [4.69, 9.17) is 0 Å². The molecule has 3 nitrogen and oxygen atoms in total. The van der Waals surface area contributed by atoms with Crippen LogP contribution in [0.1, 0.15) is 38.2 Å². The molecule has 1 saturated heterocycles. The quantitative estimate of drug-likeness (QED) is 0.874. The third-order valence-corrected chi connectivity index (χ3v) is 5.10. The summed E-state index contributed by atoms with van der Waals surface area (Å²) in [7, 11) is 0. The molecular formula is C20H28N2O. The Morgan fingerprint density at radius 2 is 2.04 bits per heavy atom. The Bertz CT molecular complexity index is 536. The molecule has 1 heterocycles. The lowest BCUT2D eigenvalue weighted by Crippen LogP contribution is -2.51. The normalized spacial score (nSPS) is 25.0. The van der Waals surface area contributed by atoms with Gasteiger partial charge in [-0.15, -0.1) is 0 Å². The van der Waals surface area contributed by atoms with Gasteiger partial charge >= 0.3 is 0 Å². The van der Waals surface area contributed by atoms with E-state index in [0.717, 1.165) is 45.3 Å². The minimum absolute atomic E-state index is 0.353. The fourth-order valence-electron chi connectivity index (χ4n) is 3.48. The molecule has 0 spiro atoms. The van der Waals surface area contributed by atoms with Crippen molar-refractivity contribution in [2.75, 3.05) is 19.6 Å². The predicted octanol–water partition coefficient (Wildman–Crippen LogP) is 3.33. The predicted molar refractivity (Wildman–Crippen MR) is 95.0 cm³/mol. The first kappa shape index (κ1) is 16.3. The Labute approximate surface area is 139 Å². The number of nitrogens with one attached hydrogen (secondary N) is 1. The van der Waals surface area contributed by atoms with Crippen LogP contribution in [0.15, 0.2) is 36.4 Å².